The minimum atomic E-state index is -0.426. The van der Waals surface area contributed by atoms with Gasteiger partial charge in [0.1, 0.15) is 5.82 Å². The fraction of sp³-hybridized carbons (Fsp3) is 0.500. The van der Waals surface area contributed by atoms with Gasteiger partial charge in [-0.1, -0.05) is 0 Å². The fourth-order valence-corrected chi connectivity index (χ4v) is 1.88. The maximum atomic E-state index is 13.0. The van der Waals surface area contributed by atoms with Gasteiger partial charge in [0.15, 0.2) is 0 Å². The number of anilines is 1. The highest BCUT2D eigenvalue weighted by atomic mass is 19.1. The molecule has 0 unspecified atom stereocenters. The lowest BCUT2D eigenvalue weighted by atomic mass is 10.1. The average molecular weight is 267 g/mol. The van der Waals surface area contributed by atoms with Crippen LogP contribution in [0.25, 0.3) is 0 Å². The van der Waals surface area contributed by atoms with Gasteiger partial charge >= 0.3 is 0 Å². The van der Waals surface area contributed by atoms with Gasteiger partial charge in [0, 0.05) is 18.8 Å². The summed E-state index contributed by atoms with van der Waals surface area (Å²) in [5.41, 5.74) is 6.26. The molecule has 0 aromatic heterocycles. The zero-order chi connectivity index (χ0) is 14.4. The Balaban J connectivity index is 2.72. The molecule has 19 heavy (non-hydrogen) atoms. The summed E-state index contributed by atoms with van der Waals surface area (Å²) in [6.45, 7) is 4.13. The van der Waals surface area contributed by atoms with Crippen molar-refractivity contribution in [1.29, 1.82) is 0 Å². The van der Waals surface area contributed by atoms with Crippen LogP contribution in [0.1, 0.15) is 23.7 Å². The molecule has 0 saturated carbocycles. The van der Waals surface area contributed by atoms with E-state index < -0.39 is 5.82 Å². The number of nitrogen functional groups attached to an aromatic ring is 1. The van der Waals surface area contributed by atoms with E-state index in [-0.39, 0.29) is 11.6 Å². The first-order chi connectivity index (χ1) is 8.95. The van der Waals surface area contributed by atoms with Crippen LogP contribution in [0.2, 0.25) is 0 Å². The van der Waals surface area contributed by atoms with Gasteiger partial charge in [-0.25, -0.2) is 4.39 Å². The standard InChI is InChI=1S/C14H22FN3O/c1-4-18(9-5-8-17(2)3)14(19)12-7-6-11(15)10-13(12)16/h6-7,10H,4-5,8-9,16H2,1-3H3. The van der Waals surface area contributed by atoms with Crippen molar-refractivity contribution >= 4 is 11.6 Å². The Morgan fingerprint density at radius 3 is 2.53 bits per heavy atom. The molecule has 0 spiro atoms. The third-order valence-electron chi connectivity index (χ3n) is 2.95. The average Bonchev–Trinajstić information content (AvgIpc) is 2.33. The summed E-state index contributed by atoms with van der Waals surface area (Å²) in [4.78, 5) is 16.1. The van der Waals surface area contributed by atoms with Crippen LogP contribution in [0.15, 0.2) is 18.2 Å². The van der Waals surface area contributed by atoms with Crippen molar-refractivity contribution in [3.8, 4) is 0 Å². The number of carbonyl (C=O) groups excluding carboxylic acids is 1. The molecule has 0 radical (unpaired) electrons. The number of nitrogens with two attached hydrogens (primary N) is 1. The third-order valence-corrected chi connectivity index (χ3v) is 2.95. The maximum Gasteiger partial charge on any atom is 0.255 e. The molecule has 2 N–H and O–H groups in total. The first-order valence-electron chi connectivity index (χ1n) is 6.44. The molecule has 4 nitrogen and oxygen atoms in total. The van der Waals surface area contributed by atoms with E-state index in [0.717, 1.165) is 13.0 Å². The third kappa shape index (κ3) is 4.52. The molecule has 0 bridgehead atoms. The van der Waals surface area contributed by atoms with Crippen LogP contribution in [0, 0.1) is 5.82 Å². The van der Waals surface area contributed by atoms with Gasteiger partial charge in [0.25, 0.3) is 5.91 Å². The number of nitrogens with zero attached hydrogens (tertiary/aromatic N) is 2. The van der Waals surface area contributed by atoms with Crippen molar-refractivity contribution in [3.63, 3.8) is 0 Å². The predicted molar refractivity (Wildman–Crippen MR) is 75.6 cm³/mol. The second kappa shape index (κ2) is 7.09. The number of hydrogen-bond donors (Lipinski definition) is 1. The van der Waals surface area contributed by atoms with Gasteiger partial charge in [0.2, 0.25) is 0 Å². The highest BCUT2D eigenvalue weighted by Crippen LogP contribution is 2.16. The molecule has 5 heteroatoms. The Hall–Kier alpha value is -1.62. The molecule has 1 rings (SSSR count). The molecule has 1 aromatic rings. The largest absolute Gasteiger partial charge is 0.398 e. The van der Waals surface area contributed by atoms with Gasteiger partial charge in [-0.05, 0) is 52.2 Å². The van der Waals surface area contributed by atoms with Gasteiger partial charge in [-0.15, -0.1) is 0 Å². The summed E-state index contributed by atoms with van der Waals surface area (Å²) in [5, 5.41) is 0. The minimum absolute atomic E-state index is 0.140. The number of amides is 1. The molecule has 0 aliphatic rings. The van der Waals surface area contributed by atoms with E-state index >= 15 is 0 Å². The van der Waals surface area contributed by atoms with Crippen molar-refractivity contribution in [2.24, 2.45) is 0 Å². The van der Waals surface area contributed by atoms with Crippen LogP contribution >= 0.6 is 0 Å². The topological polar surface area (TPSA) is 49.6 Å². The maximum absolute atomic E-state index is 13.0. The summed E-state index contributed by atoms with van der Waals surface area (Å²) >= 11 is 0. The lowest BCUT2D eigenvalue weighted by Gasteiger charge is -2.22. The van der Waals surface area contributed by atoms with Crippen molar-refractivity contribution < 1.29 is 9.18 Å². The Labute approximate surface area is 114 Å². The summed E-state index contributed by atoms with van der Waals surface area (Å²) in [5.74, 6) is -0.566. The number of halogens is 1. The molecule has 1 aromatic carbocycles. The van der Waals surface area contributed by atoms with Crippen LogP contribution in [0.5, 0.6) is 0 Å². The molecular formula is C14H22FN3O. The summed E-state index contributed by atoms with van der Waals surface area (Å²) in [7, 11) is 3.99. The van der Waals surface area contributed by atoms with E-state index in [2.05, 4.69) is 4.90 Å². The van der Waals surface area contributed by atoms with Crippen molar-refractivity contribution in [3.05, 3.63) is 29.6 Å². The van der Waals surface area contributed by atoms with Crippen LogP contribution < -0.4 is 5.73 Å². The highest BCUT2D eigenvalue weighted by Gasteiger charge is 2.16. The zero-order valence-electron chi connectivity index (χ0n) is 11.8. The van der Waals surface area contributed by atoms with E-state index in [9.17, 15) is 9.18 Å². The Kier molecular flexibility index (Phi) is 5.76. The monoisotopic (exact) mass is 267 g/mol. The van der Waals surface area contributed by atoms with Crippen LogP contribution in [0.3, 0.4) is 0 Å². The Bertz CT molecular complexity index is 435. The van der Waals surface area contributed by atoms with E-state index in [1.54, 1.807) is 4.90 Å². The summed E-state index contributed by atoms with van der Waals surface area (Å²) in [6, 6.07) is 3.89. The molecular weight excluding hydrogens is 245 g/mol. The zero-order valence-corrected chi connectivity index (χ0v) is 11.8. The molecule has 1 amide bonds. The first-order valence-corrected chi connectivity index (χ1v) is 6.44. The van der Waals surface area contributed by atoms with E-state index in [1.165, 1.54) is 18.2 Å². The molecule has 0 fully saturated rings. The van der Waals surface area contributed by atoms with Gasteiger partial charge in [-0.3, -0.25) is 4.79 Å². The molecule has 106 valence electrons. The fourth-order valence-electron chi connectivity index (χ4n) is 1.88. The SMILES string of the molecule is CCN(CCCN(C)C)C(=O)c1ccc(F)cc1N. The quantitative estimate of drug-likeness (QED) is 0.800. The van der Waals surface area contributed by atoms with Crippen molar-refractivity contribution in [2.75, 3.05) is 39.5 Å². The van der Waals surface area contributed by atoms with Crippen molar-refractivity contribution in [2.45, 2.75) is 13.3 Å². The summed E-state index contributed by atoms with van der Waals surface area (Å²) in [6.07, 6.45) is 0.897. The molecule has 0 atom stereocenters. The summed E-state index contributed by atoms with van der Waals surface area (Å²) < 4.78 is 13.0. The first kappa shape index (κ1) is 15.4. The number of carbonyl (C=O) groups is 1. The van der Waals surface area contributed by atoms with Crippen LogP contribution in [-0.2, 0) is 0 Å². The predicted octanol–water partition coefficient (Wildman–Crippen LogP) is 1.82. The highest BCUT2D eigenvalue weighted by molar-refractivity contribution is 5.99. The number of benzene rings is 1. The lowest BCUT2D eigenvalue weighted by molar-refractivity contribution is 0.0760. The normalized spacial score (nSPS) is 10.8. The molecule has 0 aliphatic heterocycles. The van der Waals surface area contributed by atoms with E-state index in [0.29, 0.717) is 18.7 Å². The second-order valence-corrected chi connectivity index (χ2v) is 4.77. The smallest absolute Gasteiger partial charge is 0.255 e. The molecule has 0 saturated heterocycles. The Morgan fingerprint density at radius 1 is 1.32 bits per heavy atom. The van der Waals surface area contributed by atoms with Gasteiger partial charge in [-0.2, -0.15) is 0 Å². The van der Waals surface area contributed by atoms with E-state index in [4.69, 9.17) is 5.73 Å². The number of rotatable bonds is 6. The van der Waals surface area contributed by atoms with Crippen LogP contribution in [-0.4, -0.2) is 49.4 Å². The lowest BCUT2D eigenvalue weighted by Crippen LogP contribution is -2.33. The molecule has 0 aliphatic carbocycles. The van der Waals surface area contributed by atoms with Crippen molar-refractivity contribution in [1.82, 2.24) is 9.80 Å². The number of hydrogen-bond acceptors (Lipinski definition) is 3. The van der Waals surface area contributed by atoms with Crippen LogP contribution in [0.4, 0.5) is 10.1 Å². The second-order valence-electron chi connectivity index (χ2n) is 4.77. The Morgan fingerprint density at radius 2 is 2.00 bits per heavy atom. The minimum Gasteiger partial charge on any atom is -0.398 e. The molecule has 0 heterocycles. The van der Waals surface area contributed by atoms with E-state index in [1.807, 2.05) is 21.0 Å². The van der Waals surface area contributed by atoms with Gasteiger partial charge < -0.3 is 15.5 Å². The van der Waals surface area contributed by atoms with Gasteiger partial charge in [0.05, 0.1) is 5.56 Å².